The molecule has 0 aliphatic carbocycles. The van der Waals surface area contributed by atoms with Crippen molar-refractivity contribution < 1.29 is 14.2 Å². The van der Waals surface area contributed by atoms with Crippen molar-refractivity contribution in [1.29, 1.82) is 0 Å². The average molecular weight is 343 g/mol. The fourth-order valence-electron chi connectivity index (χ4n) is 2.79. The molecule has 1 heterocycles. The number of hydrogen-bond donors (Lipinski definition) is 0. The second-order valence-electron chi connectivity index (χ2n) is 5.84. The Morgan fingerprint density at radius 2 is 2.04 bits per heavy atom. The largest absolute Gasteiger partial charge is 0.391 e. The zero-order valence-corrected chi connectivity index (χ0v) is 13.6. The highest BCUT2D eigenvalue weighted by Crippen LogP contribution is 2.24. The molecule has 1 fully saturated rings. The van der Waals surface area contributed by atoms with Crippen LogP contribution in [0.15, 0.2) is 47.6 Å². The van der Waals surface area contributed by atoms with E-state index in [1.807, 2.05) is 4.90 Å². The van der Waals surface area contributed by atoms with E-state index >= 15 is 0 Å². The Morgan fingerprint density at radius 1 is 1.24 bits per heavy atom. The minimum absolute atomic E-state index is 0.00431. The average Bonchev–Trinajstić information content (AvgIpc) is 3.13. The fraction of sp³-hybridized carbons (Fsp3) is 0.278. The maximum absolute atomic E-state index is 14.2. The minimum Gasteiger partial charge on any atom is -0.391 e. The van der Waals surface area contributed by atoms with Crippen molar-refractivity contribution in [1.82, 2.24) is 0 Å². The van der Waals surface area contributed by atoms with Gasteiger partial charge in [0.05, 0.1) is 16.8 Å². The molecule has 6 nitrogen and oxygen atoms in total. The van der Waals surface area contributed by atoms with Crippen LogP contribution in [0.3, 0.4) is 0 Å². The molecule has 3 rings (SSSR count). The second-order valence-corrected chi connectivity index (χ2v) is 5.84. The van der Waals surface area contributed by atoms with Crippen molar-refractivity contribution in [3.8, 4) is 0 Å². The summed E-state index contributed by atoms with van der Waals surface area (Å²) in [4.78, 5) is 17.4. The molecule has 0 saturated carbocycles. The predicted molar refractivity (Wildman–Crippen MR) is 93.3 cm³/mol. The number of nitro groups is 1. The summed E-state index contributed by atoms with van der Waals surface area (Å²) in [6.45, 7) is 1.87. The van der Waals surface area contributed by atoms with Gasteiger partial charge >= 0.3 is 0 Å². The SMILES string of the molecule is O=[N+]([O-])c1cccc(CO/N=C\c2ccc(N3CCCC3)c(F)c2)c1. The number of hydrogen-bond acceptors (Lipinski definition) is 5. The first-order chi connectivity index (χ1) is 12.1. The number of benzene rings is 2. The Labute approximate surface area is 144 Å². The Balaban J connectivity index is 1.58. The summed E-state index contributed by atoms with van der Waals surface area (Å²) in [5.41, 5.74) is 1.86. The molecule has 0 amide bonds. The van der Waals surface area contributed by atoms with E-state index in [9.17, 15) is 14.5 Å². The van der Waals surface area contributed by atoms with E-state index in [4.69, 9.17) is 4.84 Å². The van der Waals surface area contributed by atoms with Crippen LogP contribution in [0.4, 0.5) is 15.8 Å². The van der Waals surface area contributed by atoms with Gasteiger partial charge in [0.2, 0.25) is 0 Å². The highest BCUT2D eigenvalue weighted by atomic mass is 19.1. The molecule has 25 heavy (non-hydrogen) atoms. The maximum atomic E-state index is 14.2. The lowest BCUT2D eigenvalue weighted by Gasteiger charge is -2.18. The third-order valence-corrected chi connectivity index (χ3v) is 4.05. The van der Waals surface area contributed by atoms with Gasteiger partial charge in [0, 0.05) is 25.2 Å². The van der Waals surface area contributed by atoms with E-state index in [0.717, 1.165) is 25.9 Å². The molecule has 1 aliphatic rings. The lowest BCUT2D eigenvalue weighted by Crippen LogP contribution is -2.18. The van der Waals surface area contributed by atoms with Gasteiger partial charge in [0.15, 0.2) is 0 Å². The van der Waals surface area contributed by atoms with Gasteiger partial charge in [0.25, 0.3) is 5.69 Å². The van der Waals surface area contributed by atoms with Crippen LogP contribution in [0.25, 0.3) is 0 Å². The van der Waals surface area contributed by atoms with Gasteiger partial charge < -0.3 is 9.74 Å². The zero-order valence-electron chi connectivity index (χ0n) is 13.6. The predicted octanol–water partition coefficient (Wildman–Crippen LogP) is 3.88. The smallest absolute Gasteiger partial charge is 0.269 e. The van der Waals surface area contributed by atoms with Crippen molar-refractivity contribution in [3.05, 3.63) is 69.5 Å². The minimum atomic E-state index is -0.461. The summed E-state index contributed by atoms with van der Waals surface area (Å²) in [7, 11) is 0. The van der Waals surface area contributed by atoms with Crippen LogP contribution in [0.2, 0.25) is 0 Å². The van der Waals surface area contributed by atoms with Gasteiger partial charge in [-0.2, -0.15) is 0 Å². The molecule has 130 valence electrons. The molecule has 2 aromatic rings. The van der Waals surface area contributed by atoms with Crippen molar-refractivity contribution in [3.63, 3.8) is 0 Å². The molecular formula is C18H18FN3O3. The molecule has 0 atom stereocenters. The number of halogens is 1. The summed E-state index contributed by atoms with van der Waals surface area (Å²) >= 11 is 0. The Morgan fingerprint density at radius 3 is 2.76 bits per heavy atom. The van der Waals surface area contributed by atoms with Crippen molar-refractivity contribution >= 4 is 17.6 Å². The standard InChI is InChI=1S/C18H18FN3O3/c19-17-11-14(6-7-18(17)21-8-1-2-9-21)12-20-25-13-15-4-3-5-16(10-15)22(23)24/h3-7,10-12H,1-2,8-9,13H2/b20-12-. The van der Waals surface area contributed by atoms with Crippen molar-refractivity contribution in [2.24, 2.45) is 5.16 Å². The van der Waals surface area contributed by atoms with Crippen LogP contribution in [0, 0.1) is 15.9 Å². The Hall–Kier alpha value is -2.96. The van der Waals surface area contributed by atoms with Gasteiger partial charge in [0.1, 0.15) is 12.4 Å². The molecule has 0 bridgehead atoms. The van der Waals surface area contributed by atoms with Gasteiger partial charge in [-0.15, -0.1) is 0 Å². The molecule has 2 aromatic carbocycles. The summed E-state index contributed by atoms with van der Waals surface area (Å²) in [5.74, 6) is -0.274. The third kappa shape index (κ3) is 4.32. The van der Waals surface area contributed by atoms with E-state index in [-0.39, 0.29) is 18.1 Å². The van der Waals surface area contributed by atoms with Crippen LogP contribution in [-0.4, -0.2) is 24.2 Å². The van der Waals surface area contributed by atoms with E-state index in [1.54, 1.807) is 24.3 Å². The van der Waals surface area contributed by atoms with Crippen LogP contribution >= 0.6 is 0 Å². The van der Waals surface area contributed by atoms with Crippen molar-refractivity contribution in [2.75, 3.05) is 18.0 Å². The lowest BCUT2D eigenvalue weighted by molar-refractivity contribution is -0.384. The molecule has 7 heteroatoms. The van der Waals surface area contributed by atoms with E-state index in [1.165, 1.54) is 24.4 Å². The fourth-order valence-corrected chi connectivity index (χ4v) is 2.79. The maximum Gasteiger partial charge on any atom is 0.269 e. The summed E-state index contributed by atoms with van der Waals surface area (Å²) in [5, 5.41) is 14.5. The quantitative estimate of drug-likeness (QED) is 0.453. The van der Waals surface area contributed by atoms with E-state index in [0.29, 0.717) is 16.8 Å². The first-order valence-corrected chi connectivity index (χ1v) is 8.06. The van der Waals surface area contributed by atoms with Gasteiger partial charge in [-0.1, -0.05) is 23.4 Å². The normalized spacial score (nSPS) is 14.2. The third-order valence-electron chi connectivity index (χ3n) is 4.05. The molecular weight excluding hydrogens is 325 g/mol. The number of non-ortho nitro benzene ring substituents is 1. The molecule has 0 radical (unpaired) electrons. The first-order valence-electron chi connectivity index (χ1n) is 8.06. The summed E-state index contributed by atoms with van der Waals surface area (Å²) in [6, 6.07) is 11.1. The topological polar surface area (TPSA) is 68.0 Å². The first kappa shape index (κ1) is 16.9. The number of anilines is 1. The molecule has 0 N–H and O–H groups in total. The van der Waals surface area contributed by atoms with Gasteiger partial charge in [-0.3, -0.25) is 10.1 Å². The van der Waals surface area contributed by atoms with Crippen LogP contribution in [-0.2, 0) is 11.4 Å². The highest BCUT2D eigenvalue weighted by Gasteiger charge is 2.15. The molecule has 0 spiro atoms. The molecule has 1 aliphatic heterocycles. The van der Waals surface area contributed by atoms with Crippen LogP contribution < -0.4 is 4.90 Å². The monoisotopic (exact) mass is 343 g/mol. The summed E-state index contributed by atoms with van der Waals surface area (Å²) < 4.78 is 14.2. The zero-order chi connectivity index (χ0) is 17.6. The Bertz CT molecular complexity index is 789. The second kappa shape index (κ2) is 7.74. The van der Waals surface area contributed by atoms with Gasteiger partial charge in [-0.25, -0.2) is 4.39 Å². The van der Waals surface area contributed by atoms with E-state index in [2.05, 4.69) is 5.16 Å². The number of rotatable bonds is 6. The lowest BCUT2D eigenvalue weighted by atomic mass is 10.2. The van der Waals surface area contributed by atoms with Crippen molar-refractivity contribution in [2.45, 2.75) is 19.4 Å². The van der Waals surface area contributed by atoms with Gasteiger partial charge in [-0.05, 0) is 36.1 Å². The highest BCUT2D eigenvalue weighted by molar-refractivity contribution is 5.80. The number of oxime groups is 1. The summed E-state index contributed by atoms with van der Waals surface area (Å²) in [6.07, 6.45) is 3.61. The Kier molecular flexibility index (Phi) is 5.23. The van der Waals surface area contributed by atoms with E-state index < -0.39 is 4.92 Å². The molecule has 1 saturated heterocycles. The molecule has 0 aromatic heterocycles. The van der Waals surface area contributed by atoms with Crippen LogP contribution in [0.1, 0.15) is 24.0 Å². The number of nitrogens with zero attached hydrogens (tertiary/aromatic N) is 3. The van der Waals surface area contributed by atoms with Crippen LogP contribution in [0.5, 0.6) is 0 Å². The number of nitro benzene ring substituents is 1. The molecule has 0 unspecified atom stereocenters.